The standard InChI is InChI=1S/C14H21N3/c1-2-17-8-5-14(6-9-17)10-12-11(13(14)15)4-3-7-16-12/h3-4,7,13H,2,5-6,8-10,15H2,1H3/t13-/m0/s1. The van der Waals surface area contributed by atoms with Crippen LogP contribution in [0.4, 0.5) is 0 Å². The summed E-state index contributed by atoms with van der Waals surface area (Å²) in [6, 6.07) is 4.37. The van der Waals surface area contributed by atoms with Gasteiger partial charge in [-0.15, -0.1) is 0 Å². The zero-order valence-corrected chi connectivity index (χ0v) is 10.5. The molecular weight excluding hydrogens is 210 g/mol. The van der Waals surface area contributed by atoms with Crippen molar-refractivity contribution in [2.24, 2.45) is 11.1 Å². The van der Waals surface area contributed by atoms with Crippen LogP contribution >= 0.6 is 0 Å². The molecule has 1 spiro atoms. The van der Waals surface area contributed by atoms with Crippen LogP contribution in [0, 0.1) is 5.41 Å². The third kappa shape index (κ3) is 1.69. The molecule has 0 unspecified atom stereocenters. The summed E-state index contributed by atoms with van der Waals surface area (Å²) in [7, 11) is 0. The molecule has 1 aliphatic heterocycles. The fourth-order valence-electron chi connectivity index (χ4n) is 3.46. The van der Waals surface area contributed by atoms with Crippen LogP contribution in [0.25, 0.3) is 0 Å². The number of likely N-dealkylation sites (tertiary alicyclic amines) is 1. The Hall–Kier alpha value is -0.930. The Morgan fingerprint density at radius 3 is 2.88 bits per heavy atom. The molecule has 1 aromatic rings. The fourth-order valence-corrected chi connectivity index (χ4v) is 3.46. The van der Waals surface area contributed by atoms with E-state index in [1.54, 1.807) is 0 Å². The van der Waals surface area contributed by atoms with Crippen molar-refractivity contribution in [3.05, 3.63) is 29.6 Å². The number of aromatic nitrogens is 1. The molecule has 2 N–H and O–H groups in total. The van der Waals surface area contributed by atoms with E-state index >= 15 is 0 Å². The first-order chi connectivity index (χ1) is 8.25. The van der Waals surface area contributed by atoms with Gasteiger partial charge in [0.2, 0.25) is 0 Å². The number of fused-ring (bicyclic) bond motifs is 1. The fraction of sp³-hybridized carbons (Fsp3) is 0.643. The van der Waals surface area contributed by atoms with Gasteiger partial charge in [-0.25, -0.2) is 0 Å². The molecule has 0 radical (unpaired) electrons. The van der Waals surface area contributed by atoms with Crippen molar-refractivity contribution in [1.82, 2.24) is 9.88 Å². The van der Waals surface area contributed by atoms with Crippen molar-refractivity contribution in [2.45, 2.75) is 32.2 Å². The first-order valence-corrected chi connectivity index (χ1v) is 6.67. The minimum atomic E-state index is 0.199. The molecule has 0 bridgehead atoms. The lowest BCUT2D eigenvalue weighted by Gasteiger charge is -2.41. The molecule has 2 heterocycles. The van der Waals surface area contributed by atoms with E-state index in [1.807, 2.05) is 12.3 Å². The second-order valence-corrected chi connectivity index (χ2v) is 5.49. The third-order valence-corrected chi connectivity index (χ3v) is 4.74. The van der Waals surface area contributed by atoms with Gasteiger partial charge in [0.1, 0.15) is 0 Å². The highest BCUT2D eigenvalue weighted by molar-refractivity contribution is 5.33. The van der Waals surface area contributed by atoms with E-state index in [1.165, 1.54) is 37.2 Å². The average Bonchev–Trinajstić information content (AvgIpc) is 2.65. The summed E-state index contributed by atoms with van der Waals surface area (Å²) in [4.78, 5) is 7.03. The third-order valence-electron chi connectivity index (χ3n) is 4.74. The van der Waals surface area contributed by atoms with E-state index in [-0.39, 0.29) is 6.04 Å². The minimum Gasteiger partial charge on any atom is -0.323 e. The molecule has 0 saturated carbocycles. The maximum absolute atomic E-state index is 6.48. The Morgan fingerprint density at radius 1 is 1.47 bits per heavy atom. The van der Waals surface area contributed by atoms with Gasteiger partial charge in [0.05, 0.1) is 0 Å². The number of hydrogen-bond donors (Lipinski definition) is 1. The molecule has 3 heteroatoms. The van der Waals surface area contributed by atoms with Crippen LogP contribution in [-0.4, -0.2) is 29.5 Å². The van der Waals surface area contributed by atoms with Gasteiger partial charge in [-0.3, -0.25) is 4.98 Å². The van der Waals surface area contributed by atoms with Crippen LogP contribution in [0.3, 0.4) is 0 Å². The lowest BCUT2D eigenvalue weighted by molar-refractivity contribution is 0.0926. The largest absolute Gasteiger partial charge is 0.323 e. The van der Waals surface area contributed by atoms with Gasteiger partial charge in [-0.1, -0.05) is 13.0 Å². The van der Waals surface area contributed by atoms with Gasteiger partial charge < -0.3 is 10.6 Å². The normalized spacial score (nSPS) is 27.3. The second kappa shape index (κ2) is 4.07. The molecule has 1 aliphatic carbocycles. The van der Waals surface area contributed by atoms with Crippen LogP contribution in [0.15, 0.2) is 18.3 Å². The highest BCUT2D eigenvalue weighted by Gasteiger charge is 2.46. The summed E-state index contributed by atoms with van der Waals surface area (Å²) in [6.07, 6.45) is 5.42. The number of nitrogens with two attached hydrogens (primary N) is 1. The summed E-state index contributed by atoms with van der Waals surface area (Å²) in [5.41, 5.74) is 9.31. The number of pyridine rings is 1. The zero-order valence-electron chi connectivity index (χ0n) is 10.5. The molecule has 1 aromatic heterocycles. The topological polar surface area (TPSA) is 42.2 Å². The van der Waals surface area contributed by atoms with Crippen molar-refractivity contribution < 1.29 is 0 Å². The quantitative estimate of drug-likeness (QED) is 0.800. The van der Waals surface area contributed by atoms with Gasteiger partial charge in [-0.05, 0) is 55.9 Å². The molecule has 17 heavy (non-hydrogen) atoms. The van der Waals surface area contributed by atoms with Crippen molar-refractivity contribution in [3.8, 4) is 0 Å². The Bertz CT molecular complexity index is 408. The lowest BCUT2D eigenvalue weighted by atomic mass is 9.73. The zero-order chi connectivity index (χ0) is 11.9. The Balaban J connectivity index is 1.84. The maximum atomic E-state index is 6.48. The van der Waals surface area contributed by atoms with Crippen molar-refractivity contribution in [2.75, 3.05) is 19.6 Å². The lowest BCUT2D eigenvalue weighted by Crippen LogP contribution is -2.44. The summed E-state index contributed by atoms with van der Waals surface area (Å²) < 4.78 is 0. The Kier molecular flexibility index (Phi) is 2.68. The molecule has 3 rings (SSSR count). The van der Waals surface area contributed by atoms with Gasteiger partial charge in [0, 0.05) is 17.9 Å². The van der Waals surface area contributed by atoms with Crippen LogP contribution in [-0.2, 0) is 6.42 Å². The second-order valence-electron chi connectivity index (χ2n) is 5.49. The highest BCUT2D eigenvalue weighted by Crippen LogP contribution is 2.49. The molecule has 3 nitrogen and oxygen atoms in total. The van der Waals surface area contributed by atoms with Crippen molar-refractivity contribution in [3.63, 3.8) is 0 Å². The molecule has 2 aliphatic rings. The van der Waals surface area contributed by atoms with Crippen molar-refractivity contribution in [1.29, 1.82) is 0 Å². The Morgan fingerprint density at radius 2 is 2.24 bits per heavy atom. The van der Waals surface area contributed by atoms with Crippen LogP contribution in [0.5, 0.6) is 0 Å². The van der Waals surface area contributed by atoms with E-state index in [4.69, 9.17) is 5.73 Å². The van der Waals surface area contributed by atoms with E-state index in [2.05, 4.69) is 22.9 Å². The minimum absolute atomic E-state index is 0.199. The smallest absolute Gasteiger partial charge is 0.0457 e. The molecule has 1 fully saturated rings. The summed E-state index contributed by atoms with van der Waals surface area (Å²) in [5.74, 6) is 0. The van der Waals surface area contributed by atoms with E-state index in [0.29, 0.717) is 5.41 Å². The average molecular weight is 231 g/mol. The SMILES string of the molecule is CCN1CCC2(CC1)Cc1ncccc1[C@@H]2N. The molecular formula is C14H21N3. The van der Waals surface area contributed by atoms with Crippen molar-refractivity contribution >= 4 is 0 Å². The molecule has 0 amide bonds. The van der Waals surface area contributed by atoms with E-state index in [9.17, 15) is 0 Å². The predicted molar refractivity (Wildman–Crippen MR) is 68.7 cm³/mol. The number of piperidine rings is 1. The number of nitrogens with zero attached hydrogens (tertiary/aromatic N) is 2. The monoisotopic (exact) mass is 231 g/mol. The molecule has 0 aromatic carbocycles. The van der Waals surface area contributed by atoms with Crippen LogP contribution in [0.2, 0.25) is 0 Å². The first-order valence-electron chi connectivity index (χ1n) is 6.67. The summed E-state index contributed by atoms with van der Waals surface area (Å²) in [5, 5.41) is 0. The van der Waals surface area contributed by atoms with Crippen LogP contribution < -0.4 is 5.73 Å². The van der Waals surface area contributed by atoms with Gasteiger partial charge in [0.25, 0.3) is 0 Å². The van der Waals surface area contributed by atoms with E-state index < -0.39 is 0 Å². The Labute approximate surface area is 103 Å². The maximum Gasteiger partial charge on any atom is 0.0457 e. The van der Waals surface area contributed by atoms with Gasteiger partial charge in [0.15, 0.2) is 0 Å². The summed E-state index contributed by atoms with van der Waals surface area (Å²) >= 11 is 0. The van der Waals surface area contributed by atoms with Gasteiger partial charge >= 0.3 is 0 Å². The predicted octanol–water partition coefficient (Wildman–Crippen LogP) is 1.74. The molecule has 1 saturated heterocycles. The number of rotatable bonds is 1. The summed E-state index contributed by atoms with van der Waals surface area (Å²) in [6.45, 7) is 5.79. The highest BCUT2D eigenvalue weighted by atomic mass is 15.1. The number of hydrogen-bond acceptors (Lipinski definition) is 3. The van der Waals surface area contributed by atoms with Gasteiger partial charge in [-0.2, -0.15) is 0 Å². The first kappa shape index (κ1) is 11.2. The molecule has 1 atom stereocenters. The van der Waals surface area contributed by atoms with Crippen LogP contribution in [0.1, 0.15) is 37.1 Å². The molecule has 92 valence electrons. The van der Waals surface area contributed by atoms with E-state index in [0.717, 1.165) is 13.0 Å².